The number of amides is 1. The lowest BCUT2D eigenvalue weighted by molar-refractivity contribution is -0.123. The van der Waals surface area contributed by atoms with E-state index >= 15 is 0 Å². The van der Waals surface area contributed by atoms with Gasteiger partial charge in [-0.05, 0) is 30.7 Å². The van der Waals surface area contributed by atoms with Gasteiger partial charge in [-0.3, -0.25) is 4.79 Å². The van der Waals surface area contributed by atoms with Gasteiger partial charge in [-0.15, -0.1) is 0 Å². The van der Waals surface area contributed by atoms with Crippen molar-refractivity contribution in [1.82, 2.24) is 9.88 Å². The fourth-order valence-electron chi connectivity index (χ4n) is 2.05. The monoisotopic (exact) mass is 288 g/mol. The number of ether oxygens (including phenoxy) is 1. The van der Waals surface area contributed by atoms with Crippen LogP contribution in [-0.4, -0.2) is 28.7 Å². The molecule has 0 radical (unpaired) electrons. The van der Waals surface area contributed by atoms with Crippen LogP contribution in [0, 0.1) is 6.92 Å². The largest absolute Gasteiger partial charge is 0.484 e. The summed E-state index contributed by atoms with van der Waals surface area (Å²) in [5.41, 5.74) is 1.74. The summed E-state index contributed by atoms with van der Waals surface area (Å²) in [5, 5.41) is 12.7. The lowest BCUT2D eigenvalue weighted by Crippen LogP contribution is -2.32. The molecule has 0 aliphatic heterocycles. The molecular weight excluding hydrogens is 268 g/mol. The third-order valence-corrected chi connectivity index (χ3v) is 3.27. The summed E-state index contributed by atoms with van der Waals surface area (Å²) in [6.45, 7) is 2.02. The van der Waals surface area contributed by atoms with Crippen molar-refractivity contribution in [2.75, 3.05) is 13.2 Å². The van der Waals surface area contributed by atoms with Gasteiger partial charge in [0.2, 0.25) is 0 Å². The first-order valence-electron chi connectivity index (χ1n) is 6.82. The Labute approximate surface area is 124 Å². The quantitative estimate of drug-likeness (QED) is 0.848. The standard InChI is InChI=1S/C16H20N2O3/c1-12-6-3-4-8-15(12)21-11-16(20)17-10-14(19)13-7-5-9-18(13)2/h3-9,14,19H,10-11H2,1-2H3,(H,17,20)/t14-/m1/s1. The van der Waals surface area contributed by atoms with Crippen molar-refractivity contribution >= 4 is 5.91 Å². The Kier molecular flexibility index (Phi) is 5.00. The number of aliphatic hydroxyl groups excluding tert-OH is 1. The Morgan fingerprint density at radius 2 is 2.10 bits per heavy atom. The topological polar surface area (TPSA) is 63.5 Å². The van der Waals surface area contributed by atoms with Gasteiger partial charge in [0.1, 0.15) is 11.9 Å². The molecular formula is C16H20N2O3. The summed E-state index contributed by atoms with van der Waals surface area (Å²) in [5.74, 6) is 0.433. The Morgan fingerprint density at radius 1 is 1.33 bits per heavy atom. The van der Waals surface area contributed by atoms with E-state index in [0.717, 1.165) is 11.3 Å². The summed E-state index contributed by atoms with van der Waals surface area (Å²) in [7, 11) is 1.85. The first kappa shape index (κ1) is 15.1. The predicted molar refractivity (Wildman–Crippen MR) is 80.1 cm³/mol. The third-order valence-electron chi connectivity index (χ3n) is 3.27. The number of benzene rings is 1. The molecule has 1 aromatic carbocycles. The highest BCUT2D eigenvalue weighted by Gasteiger charge is 2.12. The zero-order valence-electron chi connectivity index (χ0n) is 12.2. The molecule has 112 valence electrons. The van der Waals surface area contributed by atoms with E-state index in [1.165, 1.54) is 0 Å². The maximum Gasteiger partial charge on any atom is 0.258 e. The van der Waals surface area contributed by atoms with Crippen molar-refractivity contribution in [3.05, 3.63) is 53.9 Å². The van der Waals surface area contributed by atoms with Crippen molar-refractivity contribution in [2.45, 2.75) is 13.0 Å². The van der Waals surface area contributed by atoms with Gasteiger partial charge in [-0.1, -0.05) is 18.2 Å². The maximum atomic E-state index is 11.7. The van der Waals surface area contributed by atoms with Crippen molar-refractivity contribution in [1.29, 1.82) is 0 Å². The van der Waals surface area contributed by atoms with Crippen LogP contribution >= 0.6 is 0 Å². The van der Waals surface area contributed by atoms with Crippen LogP contribution < -0.4 is 10.1 Å². The van der Waals surface area contributed by atoms with E-state index in [0.29, 0.717) is 5.75 Å². The lowest BCUT2D eigenvalue weighted by Gasteiger charge is -2.14. The summed E-state index contributed by atoms with van der Waals surface area (Å²) in [4.78, 5) is 11.7. The van der Waals surface area contributed by atoms with Gasteiger partial charge in [0.15, 0.2) is 6.61 Å². The normalized spacial score (nSPS) is 12.0. The minimum absolute atomic E-state index is 0.0648. The van der Waals surface area contributed by atoms with E-state index in [-0.39, 0.29) is 19.1 Å². The zero-order chi connectivity index (χ0) is 15.2. The molecule has 1 atom stereocenters. The van der Waals surface area contributed by atoms with Crippen LogP contribution in [0.1, 0.15) is 17.4 Å². The molecule has 0 spiro atoms. The predicted octanol–water partition coefficient (Wildman–Crippen LogP) is 1.56. The Hall–Kier alpha value is -2.27. The molecule has 2 rings (SSSR count). The minimum Gasteiger partial charge on any atom is -0.484 e. The molecule has 1 aromatic heterocycles. The molecule has 21 heavy (non-hydrogen) atoms. The molecule has 0 aliphatic rings. The molecule has 0 unspecified atom stereocenters. The van der Waals surface area contributed by atoms with Gasteiger partial charge < -0.3 is 19.7 Å². The van der Waals surface area contributed by atoms with Gasteiger partial charge in [0, 0.05) is 25.5 Å². The van der Waals surface area contributed by atoms with Crippen molar-refractivity contribution in [3.63, 3.8) is 0 Å². The Bertz CT molecular complexity index is 607. The highest BCUT2D eigenvalue weighted by atomic mass is 16.5. The number of carbonyl (C=O) groups is 1. The maximum absolute atomic E-state index is 11.7. The van der Waals surface area contributed by atoms with Crippen LogP contribution in [0.2, 0.25) is 0 Å². The average molecular weight is 288 g/mol. The highest BCUT2D eigenvalue weighted by Crippen LogP contribution is 2.16. The first-order valence-corrected chi connectivity index (χ1v) is 6.82. The number of hydrogen-bond donors (Lipinski definition) is 2. The molecule has 1 heterocycles. The Balaban J connectivity index is 1.78. The number of aliphatic hydroxyl groups is 1. The van der Waals surface area contributed by atoms with Gasteiger partial charge in [-0.2, -0.15) is 0 Å². The highest BCUT2D eigenvalue weighted by molar-refractivity contribution is 5.77. The molecule has 5 nitrogen and oxygen atoms in total. The van der Waals surface area contributed by atoms with Gasteiger partial charge in [0.25, 0.3) is 5.91 Å². The molecule has 0 fully saturated rings. The number of aromatic nitrogens is 1. The van der Waals surface area contributed by atoms with Crippen molar-refractivity contribution < 1.29 is 14.6 Å². The zero-order valence-corrected chi connectivity index (χ0v) is 12.2. The minimum atomic E-state index is -0.729. The smallest absolute Gasteiger partial charge is 0.258 e. The second-order valence-corrected chi connectivity index (χ2v) is 4.92. The summed E-state index contributed by atoms with van der Waals surface area (Å²) >= 11 is 0. The van der Waals surface area contributed by atoms with E-state index in [4.69, 9.17) is 4.74 Å². The second kappa shape index (κ2) is 6.95. The van der Waals surface area contributed by atoms with Gasteiger partial charge in [0.05, 0.1) is 0 Å². The summed E-state index contributed by atoms with van der Waals surface area (Å²) in [6, 6.07) is 11.2. The summed E-state index contributed by atoms with van der Waals surface area (Å²) in [6.07, 6.45) is 1.12. The average Bonchev–Trinajstić information content (AvgIpc) is 2.90. The molecule has 0 bridgehead atoms. The van der Waals surface area contributed by atoms with E-state index < -0.39 is 6.10 Å². The van der Waals surface area contributed by atoms with E-state index in [1.54, 1.807) is 0 Å². The fourth-order valence-corrected chi connectivity index (χ4v) is 2.05. The van der Waals surface area contributed by atoms with Crippen LogP contribution in [0.5, 0.6) is 5.75 Å². The second-order valence-electron chi connectivity index (χ2n) is 4.92. The molecule has 2 aromatic rings. The SMILES string of the molecule is Cc1ccccc1OCC(=O)NC[C@@H](O)c1cccn1C. The number of nitrogens with one attached hydrogen (secondary N) is 1. The molecule has 0 saturated heterocycles. The van der Waals surface area contributed by atoms with Crippen LogP contribution in [-0.2, 0) is 11.8 Å². The number of nitrogens with zero attached hydrogens (tertiary/aromatic N) is 1. The van der Waals surface area contributed by atoms with E-state index in [1.807, 2.05) is 61.1 Å². The number of hydrogen-bond acceptors (Lipinski definition) is 3. The Morgan fingerprint density at radius 3 is 2.76 bits per heavy atom. The van der Waals surface area contributed by atoms with Gasteiger partial charge in [-0.25, -0.2) is 0 Å². The van der Waals surface area contributed by atoms with Crippen LogP contribution in [0.15, 0.2) is 42.6 Å². The molecule has 0 aliphatic carbocycles. The van der Waals surface area contributed by atoms with Crippen LogP contribution in [0.25, 0.3) is 0 Å². The molecule has 2 N–H and O–H groups in total. The van der Waals surface area contributed by atoms with Crippen LogP contribution in [0.3, 0.4) is 0 Å². The number of rotatable bonds is 6. The lowest BCUT2D eigenvalue weighted by atomic mass is 10.2. The van der Waals surface area contributed by atoms with E-state index in [2.05, 4.69) is 5.32 Å². The molecule has 5 heteroatoms. The fraction of sp³-hybridized carbons (Fsp3) is 0.312. The van der Waals surface area contributed by atoms with E-state index in [9.17, 15) is 9.90 Å². The molecule has 1 amide bonds. The van der Waals surface area contributed by atoms with Crippen molar-refractivity contribution in [3.8, 4) is 5.75 Å². The van der Waals surface area contributed by atoms with Crippen LogP contribution in [0.4, 0.5) is 0 Å². The van der Waals surface area contributed by atoms with Gasteiger partial charge >= 0.3 is 0 Å². The third kappa shape index (κ3) is 4.10. The number of para-hydroxylation sites is 1. The first-order chi connectivity index (χ1) is 10.1. The number of carbonyl (C=O) groups excluding carboxylic acids is 1. The number of aryl methyl sites for hydroxylation is 2. The molecule has 0 saturated carbocycles. The summed E-state index contributed by atoms with van der Waals surface area (Å²) < 4.78 is 7.27. The van der Waals surface area contributed by atoms with Crippen molar-refractivity contribution in [2.24, 2.45) is 7.05 Å².